The molecule has 0 fully saturated rings. The van der Waals surface area contributed by atoms with Gasteiger partial charge in [0.1, 0.15) is 0 Å². The molecule has 3 heteroatoms. The molecular formula is C8H22N2O. The molecule has 0 unspecified atom stereocenters. The molecule has 0 aromatic heterocycles. The maximum atomic E-state index is 10.9. The Morgan fingerprint density at radius 3 is 1.73 bits per heavy atom. The highest BCUT2D eigenvalue weighted by Crippen LogP contribution is 1.98. The van der Waals surface area contributed by atoms with Gasteiger partial charge in [-0.3, -0.25) is 4.79 Å². The summed E-state index contributed by atoms with van der Waals surface area (Å²) in [7, 11) is 3.39. The van der Waals surface area contributed by atoms with Gasteiger partial charge < -0.3 is 10.6 Å². The second-order valence-electron chi connectivity index (χ2n) is 2.45. The quantitative estimate of drug-likeness (QED) is 0.636. The molecule has 0 aliphatic heterocycles. The van der Waals surface area contributed by atoms with E-state index in [1.54, 1.807) is 14.1 Å². The molecule has 1 amide bonds. The number of nitrogens with one attached hydrogen (secondary N) is 2. The van der Waals surface area contributed by atoms with Crippen LogP contribution in [-0.4, -0.2) is 25.5 Å². The molecule has 0 aliphatic rings. The van der Waals surface area contributed by atoms with Crippen molar-refractivity contribution in [2.75, 3.05) is 14.1 Å². The van der Waals surface area contributed by atoms with Gasteiger partial charge in [0.25, 0.3) is 0 Å². The summed E-state index contributed by atoms with van der Waals surface area (Å²) in [5.41, 5.74) is -0.450. The van der Waals surface area contributed by atoms with Gasteiger partial charge in [0, 0.05) is 8.47 Å². The lowest BCUT2D eigenvalue weighted by atomic mass is 10.1. The third-order valence-electron chi connectivity index (χ3n) is 1.42. The number of hydrogen-bond donors (Lipinski definition) is 2. The van der Waals surface area contributed by atoms with Crippen LogP contribution in [0.1, 0.15) is 29.1 Å². The van der Waals surface area contributed by atoms with Crippen molar-refractivity contribution < 1.29 is 6.22 Å². The number of hydrogen-bond acceptors (Lipinski definition) is 2. The van der Waals surface area contributed by atoms with Gasteiger partial charge in [-0.05, 0) is 20.9 Å². The fourth-order valence-electron chi connectivity index (χ4n) is 0.426. The zero-order valence-corrected chi connectivity index (χ0v) is 8.41. The minimum absolute atomic E-state index is 0. The number of carbonyl (C=O) groups is 1. The number of amides is 1. The number of likely N-dealkylation sites (N-methyl/N-ethyl adjacent to an activating group) is 2. The first-order chi connectivity index (χ1) is 5.04. The highest BCUT2D eigenvalue weighted by molar-refractivity contribution is 5.84. The van der Waals surface area contributed by atoms with Crippen LogP contribution in [-0.2, 0) is 4.79 Å². The lowest BCUT2D eigenvalue weighted by molar-refractivity contribution is -0.125. The van der Waals surface area contributed by atoms with Crippen molar-refractivity contribution in [1.29, 1.82) is 0 Å². The Morgan fingerprint density at radius 1 is 1.27 bits per heavy atom. The van der Waals surface area contributed by atoms with Crippen molar-refractivity contribution in [1.82, 2.24) is 10.6 Å². The maximum Gasteiger partial charge on any atom is 0.239 e. The van der Waals surface area contributed by atoms with Crippen LogP contribution in [0.25, 0.3) is 0 Å². The Labute approximate surface area is 71.0 Å². The number of carbonyl (C=O) groups excluding carboxylic acids is 1. The summed E-state index contributed by atoms with van der Waals surface area (Å²) in [6, 6.07) is 0. The van der Waals surface area contributed by atoms with Crippen molar-refractivity contribution in [3.05, 3.63) is 0 Å². The molecule has 0 heterocycles. The van der Waals surface area contributed by atoms with Crippen molar-refractivity contribution in [2.24, 2.45) is 0 Å². The molecule has 0 bridgehead atoms. The minimum atomic E-state index is -0.450. The molecule has 3 nitrogen and oxygen atoms in total. The highest BCUT2D eigenvalue weighted by Gasteiger charge is 2.22. The van der Waals surface area contributed by atoms with Gasteiger partial charge in [-0.1, -0.05) is 13.8 Å². The van der Waals surface area contributed by atoms with Crippen LogP contribution < -0.4 is 10.6 Å². The average Bonchev–Trinajstić information content (AvgIpc) is 2.06. The fraction of sp³-hybridized carbons (Fsp3) is 0.875. The summed E-state index contributed by atoms with van der Waals surface area (Å²) >= 11 is 0. The van der Waals surface area contributed by atoms with Gasteiger partial charge in [-0.15, -0.1) is 0 Å². The summed E-state index contributed by atoms with van der Waals surface area (Å²) in [6.45, 7) is 7.65. The van der Waals surface area contributed by atoms with E-state index in [0.717, 1.165) is 0 Å². The van der Waals surface area contributed by atoms with E-state index in [1.807, 2.05) is 27.7 Å². The predicted molar refractivity (Wildman–Crippen MR) is 50.7 cm³/mol. The van der Waals surface area contributed by atoms with Crippen molar-refractivity contribution in [3.8, 4) is 0 Å². The first-order valence-electron chi connectivity index (χ1n) is 3.95. The van der Waals surface area contributed by atoms with Gasteiger partial charge in [0.15, 0.2) is 0 Å². The largest absolute Gasteiger partial charge is 0.358 e. The van der Waals surface area contributed by atoms with Crippen LogP contribution in [0.4, 0.5) is 0 Å². The smallest absolute Gasteiger partial charge is 0.239 e. The maximum absolute atomic E-state index is 10.9. The van der Waals surface area contributed by atoms with Gasteiger partial charge in [0.2, 0.25) is 5.91 Å². The molecule has 0 atom stereocenters. The Kier molecular flexibility index (Phi) is 7.31. The van der Waals surface area contributed by atoms with Crippen molar-refractivity contribution >= 4 is 5.91 Å². The monoisotopic (exact) mass is 162 g/mol. The summed E-state index contributed by atoms with van der Waals surface area (Å²) < 4.78 is 0. The summed E-state index contributed by atoms with van der Waals surface area (Å²) in [4.78, 5) is 10.9. The molecule has 0 aliphatic carbocycles. The Bertz CT molecular complexity index is 116. The van der Waals surface area contributed by atoms with Crippen LogP contribution in [0.5, 0.6) is 0 Å². The van der Waals surface area contributed by atoms with E-state index in [9.17, 15) is 4.79 Å². The molecule has 0 rings (SSSR count). The summed E-state index contributed by atoms with van der Waals surface area (Å²) in [6.07, 6.45) is 0. The van der Waals surface area contributed by atoms with Gasteiger partial charge in [-0.25, -0.2) is 0 Å². The molecule has 0 saturated heterocycles. The van der Waals surface area contributed by atoms with E-state index >= 15 is 0 Å². The Balaban J connectivity index is -0.000000249. The van der Waals surface area contributed by atoms with E-state index in [2.05, 4.69) is 10.6 Å². The first kappa shape index (κ1) is 13.1. The third kappa shape index (κ3) is 4.79. The van der Waals surface area contributed by atoms with E-state index < -0.39 is 5.54 Å². The number of rotatable bonds is 2. The first-order valence-corrected chi connectivity index (χ1v) is 3.95. The molecule has 2 N–H and O–H groups in total. The van der Waals surface area contributed by atoms with Crippen molar-refractivity contribution in [2.45, 2.75) is 33.2 Å². The predicted octanol–water partition coefficient (Wildman–Crippen LogP) is 1.00. The molecule has 70 valence electrons. The topological polar surface area (TPSA) is 41.1 Å². The van der Waals surface area contributed by atoms with Crippen LogP contribution >= 0.6 is 0 Å². The minimum Gasteiger partial charge on any atom is -0.358 e. The van der Waals surface area contributed by atoms with Crippen LogP contribution in [0.15, 0.2) is 0 Å². The van der Waals surface area contributed by atoms with E-state index in [-0.39, 0.29) is 7.33 Å². The summed E-state index contributed by atoms with van der Waals surface area (Å²) in [5, 5.41) is 5.43. The fourth-order valence-corrected chi connectivity index (χ4v) is 0.426. The average molecular weight is 162 g/mol. The van der Waals surface area contributed by atoms with E-state index in [4.69, 9.17) is 0 Å². The Morgan fingerprint density at radius 2 is 1.64 bits per heavy atom. The van der Waals surface area contributed by atoms with Gasteiger partial charge in [0.05, 0.1) is 5.54 Å². The molecule has 0 radical (unpaired) electrons. The molecule has 0 aromatic carbocycles. The molecular weight excluding hydrogens is 140 g/mol. The van der Waals surface area contributed by atoms with Crippen LogP contribution in [0, 0.1) is 0 Å². The molecule has 0 spiro atoms. The molecule has 0 saturated carbocycles. The lowest BCUT2D eigenvalue weighted by Gasteiger charge is -2.20. The van der Waals surface area contributed by atoms with Crippen molar-refractivity contribution in [3.63, 3.8) is 0 Å². The van der Waals surface area contributed by atoms with E-state index in [0.29, 0.717) is 0 Å². The van der Waals surface area contributed by atoms with E-state index in [1.165, 1.54) is 0 Å². The second kappa shape index (κ2) is 6.16. The Hall–Kier alpha value is -0.570. The zero-order chi connectivity index (χ0) is 9.49. The van der Waals surface area contributed by atoms with Gasteiger partial charge >= 0.3 is 0 Å². The molecule has 11 heavy (non-hydrogen) atoms. The zero-order valence-electron chi connectivity index (χ0n) is 8.41. The third-order valence-corrected chi connectivity index (χ3v) is 1.42. The summed E-state index contributed by atoms with van der Waals surface area (Å²) in [5.74, 6) is 0.00463. The highest BCUT2D eigenvalue weighted by atomic mass is 16.2. The van der Waals surface area contributed by atoms with Gasteiger partial charge in [-0.2, -0.15) is 0 Å². The molecule has 0 aromatic rings. The normalized spacial score (nSPS) is 9.64. The lowest BCUT2D eigenvalue weighted by Crippen LogP contribution is -2.49. The van der Waals surface area contributed by atoms with Crippen LogP contribution in [0.2, 0.25) is 0 Å². The van der Waals surface area contributed by atoms with Crippen LogP contribution in [0.3, 0.4) is 0 Å². The standard InChI is InChI=1S/C6H14N2O.C2H6.H2/c1-6(2,8-4)5(9)7-3;1-2;/h8H,1-4H3,(H,7,9);1-2H3;1H. The SMILES string of the molecule is CC.CNC(=O)C(C)(C)NC.[HH]. The second-order valence-corrected chi connectivity index (χ2v) is 2.45.